The maximum Gasteiger partial charge on any atom is 0.0880 e. The highest BCUT2D eigenvalue weighted by atomic mass is 15.5. The Morgan fingerprint density at radius 3 is 2.95 bits per heavy atom. The molecular formula is C15H16N4. The Bertz CT molecular complexity index is 634. The fourth-order valence-corrected chi connectivity index (χ4v) is 2.16. The van der Waals surface area contributed by atoms with Crippen LogP contribution in [0, 0.1) is 6.92 Å². The number of fused-ring (bicyclic) bond motifs is 1. The van der Waals surface area contributed by atoms with Crippen molar-refractivity contribution in [2.45, 2.75) is 6.92 Å². The van der Waals surface area contributed by atoms with Crippen molar-refractivity contribution < 1.29 is 0 Å². The summed E-state index contributed by atoms with van der Waals surface area (Å²) in [5.74, 6) is 0. The van der Waals surface area contributed by atoms with E-state index in [-0.39, 0.29) is 0 Å². The molecule has 2 aromatic carbocycles. The van der Waals surface area contributed by atoms with Crippen molar-refractivity contribution in [3.05, 3.63) is 48.0 Å². The highest BCUT2D eigenvalue weighted by molar-refractivity contribution is 5.84. The van der Waals surface area contributed by atoms with Gasteiger partial charge in [-0.15, -0.1) is 0 Å². The smallest absolute Gasteiger partial charge is 0.0880 e. The maximum atomic E-state index is 5.86. The number of hydrazine groups is 1. The zero-order valence-electron chi connectivity index (χ0n) is 10.8. The van der Waals surface area contributed by atoms with Gasteiger partial charge in [0.25, 0.3) is 0 Å². The predicted octanol–water partition coefficient (Wildman–Crippen LogP) is 3.13. The quantitative estimate of drug-likeness (QED) is 0.807. The fraction of sp³-hybridized carbons (Fsp3) is 0.133. The topological polar surface area (TPSA) is 53.6 Å². The zero-order valence-corrected chi connectivity index (χ0v) is 10.8. The van der Waals surface area contributed by atoms with E-state index in [9.17, 15) is 0 Å². The molecule has 4 nitrogen and oxygen atoms in total. The number of aryl methyl sites for hydroxylation is 1. The molecule has 1 aliphatic rings. The van der Waals surface area contributed by atoms with E-state index in [1.165, 1.54) is 5.56 Å². The monoisotopic (exact) mass is 252 g/mol. The molecular weight excluding hydrogens is 236 g/mol. The summed E-state index contributed by atoms with van der Waals surface area (Å²) in [5.41, 5.74) is 14.2. The molecule has 0 saturated carbocycles. The Hall–Kier alpha value is -2.49. The Balaban J connectivity index is 1.91. The van der Waals surface area contributed by atoms with Gasteiger partial charge < -0.3 is 5.73 Å². The molecule has 0 aliphatic carbocycles. The lowest BCUT2D eigenvalue weighted by atomic mass is 10.2. The van der Waals surface area contributed by atoms with Crippen molar-refractivity contribution in [1.29, 1.82) is 0 Å². The first-order valence-electron chi connectivity index (χ1n) is 6.25. The summed E-state index contributed by atoms with van der Waals surface area (Å²) in [4.78, 5) is 4.38. The van der Waals surface area contributed by atoms with Gasteiger partial charge in [-0.05, 0) is 42.8 Å². The van der Waals surface area contributed by atoms with Crippen LogP contribution in [0.3, 0.4) is 0 Å². The van der Waals surface area contributed by atoms with Crippen LogP contribution >= 0.6 is 0 Å². The van der Waals surface area contributed by atoms with Crippen molar-refractivity contribution in [1.82, 2.24) is 0 Å². The number of hydrogen-bond acceptors (Lipinski definition) is 4. The molecule has 3 rings (SSSR count). The van der Waals surface area contributed by atoms with Crippen LogP contribution in [0.4, 0.5) is 22.7 Å². The first kappa shape index (κ1) is 11.6. The minimum Gasteiger partial charge on any atom is -0.399 e. The van der Waals surface area contributed by atoms with Crippen LogP contribution < -0.4 is 16.2 Å². The first-order chi connectivity index (χ1) is 9.22. The molecule has 0 fully saturated rings. The molecule has 0 atom stereocenters. The number of nitrogen functional groups attached to an aromatic ring is 1. The molecule has 0 radical (unpaired) electrons. The van der Waals surface area contributed by atoms with E-state index in [1.54, 1.807) is 0 Å². The molecule has 0 saturated heterocycles. The normalized spacial score (nSPS) is 13.2. The molecule has 0 bridgehead atoms. The minimum atomic E-state index is 0.713. The molecule has 0 spiro atoms. The Labute approximate surface area is 112 Å². The van der Waals surface area contributed by atoms with Gasteiger partial charge in [-0.2, -0.15) is 0 Å². The number of aliphatic imine (C=N–C) groups is 1. The first-order valence-corrected chi connectivity index (χ1v) is 6.25. The molecule has 0 unspecified atom stereocenters. The van der Waals surface area contributed by atoms with E-state index in [2.05, 4.69) is 29.5 Å². The van der Waals surface area contributed by atoms with E-state index >= 15 is 0 Å². The SMILES string of the molecule is Cc1cccc(NN2CC=Nc3ccc(N)cc32)c1. The molecule has 1 aliphatic heterocycles. The summed E-state index contributed by atoms with van der Waals surface area (Å²) >= 11 is 0. The number of nitrogens with zero attached hydrogens (tertiary/aromatic N) is 2. The largest absolute Gasteiger partial charge is 0.399 e. The third-order valence-corrected chi connectivity index (χ3v) is 3.07. The lowest BCUT2D eigenvalue weighted by Gasteiger charge is -2.29. The van der Waals surface area contributed by atoms with E-state index in [0.717, 1.165) is 22.7 Å². The predicted molar refractivity (Wildman–Crippen MR) is 81.2 cm³/mol. The summed E-state index contributed by atoms with van der Waals surface area (Å²) in [5, 5.41) is 2.05. The van der Waals surface area contributed by atoms with Crippen molar-refractivity contribution >= 4 is 29.0 Å². The average Bonchev–Trinajstić information content (AvgIpc) is 2.39. The van der Waals surface area contributed by atoms with Gasteiger partial charge in [-0.3, -0.25) is 15.4 Å². The Kier molecular flexibility index (Phi) is 2.83. The lowest BCUT2D eigenvalue weighted by Crippen LogP contribution is -2.33. The number of anilines is 3. The molecule has 19 heavy (non-hydrogen) atoms. The van der Waals surface area contributed by atoms with E-state index in [0.29, 0.717) is 6.54 Å². The Morgan fingerprint density at radius 2 is 2.11 bits per heavy atom. The van der Waals surface area contributed by atoms with E-state index in [4.69, 9.17) is 5.73 Å². The van der Waals surface area contributed by atoms with Crippen LogP contribution in [0.1, 0.15) is 5.56 Å². The highest BCUT2D eigenvalue weighted by Crippen LogP contribution is 2.32. The summed E-state index contributed by atoms with van der Waals surface area (Å²) in [6.07, 6.45) is 1.89. The number of rotatable bonds is 2. The second-order valence-electron chi connectivity index (χ2n) is 4.65. The molecule has 0 amide bonds. The molecule has 0 aromatic heterocycles. The third-order valence-electron chi connectivity index (χ3n) is 3.07. The fourth-order valence-electron chi connectivity index (χ4n) is 2.16. The van der Waals surface area contributed by atoms with Crippen LogP contribution in [0.25, 0.3) is 0 Å². The van der Waals surface area contributed by atoms with Gasteiger partial charge in [0.15, 0.2) is 0 Å². The van der Waals surface area contributed by atoms with E-state index in [1.807, 2.05) is 41.6 Å². The standard InChI is InChI=1S/C15H16N4/c1-11-3-2-4-13(9-11)18-19-8-7-17-14-6-5-12(16)10-15(14)19/h2-7,9-10,18H,8,16H2,1H3. The van der Waals surface area contributed by atoms with Gasteiger partial charge in [-0.25, -0.2) is 0 Å². The van der Waals surface area contributed by atoms with Crippen molar-refractivity contribution in [3.63, 3.8) is 0 Å². The molecule has 1 heterocycles. The van der Waals surface area contributed by atoms with Crippen LogP contribution in [0.15, 0.2) is 47.5 Å². The molecule has 2 aromatic rings. The van der Waals surface area contributed by atoms with Crippen LogP contribution in [0.2, 0.25) is 0 Å². The number of nitrogens with two attached hydrogens (primary N) is 1. The lowest BCUT2D eigenvalue weighted by molar-refractivity contribution is 1.02. The average molecular weight is 252 g/mol. The van der Waals surface area contributed by atoms with Crippen LogP contribution in [0.5, 0.6) is 0 Å². The van der Waals surface area contributed by atoms with E-state index < -0.39 is 0 Å². The van der Waals surface area contributed by atoms with Gasteiger partial charge in [0.05, 0.1) is 23.6 Å². The van der Waals surface area contributed by atoms with Crippen molar-refractivity contribution in [2.24, 2.45) is 4.99 Å². The summed E-state index contributed by atoms with van der Waals surface area (Å²) in [7, 11) is 0. The minimum absolute atomic E-state index is 0.713. The van der Waals surface area contributed by atoms with Gasteiger partial charge in [0, 0.05) is 11.9 Å². The summed E-state index contributed by atoms with van der Waals surface area (Å²) in [6, 6.07) is 14.0. The molecule has 3 N–H and O–H groups in total. The third kappa shape index (κ3) is 2.38. The highest BCUT2D eigenvalue weighted by Gasteiger charge is 2.14. The van der Waals surface area contributed by atoms with Crippen LogP contribution in [-0.4, -0.2) is 12.8 Å². The van der Waals surface area contributed by atoms with Gasteiger partial charge in [0.1, 0.15) is 0 Å². The summed E-state index contributed by atoms with van der Waals surface area (Å²) < 4.78 is 0. The van der Waals surface area contributed by atoms with Gasteiger partial charge in [-0.1, -0.05) is 12.1 Å². The summed E-state index contributed by atoms with van der Waals surface area (Å²) in [6.45, 7) is 2.79. The molecule has 4 heteroatoms. The number of hydrogen-bond donors (Lipinski definition) is 2. The Morgan fingerprint density at radius 1 is 1.21 bits per heavy atom. The van der Waals surface area contributed by atoms with Crippen molar-refractivity contribution in [3.8, 4) is 0 Å². The van der Waals surface area contributed by atoms with Crippen molar-refractivity contribution in [2.75, 3.05) is 22.7 Å². The number of nitrogens with one attached hydrogen (secondary N) is 1. The second-order valence-corrected chi connectivity index (χ2v) is 4.65. The molecule has 96 valence electrons. The zero-order chi connectivity index (χ0) is 13.2. The maximum absolute atomic E-state index is 5.86. The van der Waals surface area contributed by atoms with Gasteiger partial charge in [0.2, 0.25) is 0 Å². The second kappa shape index (κ2) is 4.65. The van der Waals surface area contributed by atoms with Gasteiger partial charge >= 0.3 is 0 Å². The van der Waals surface area contributed by atoms with Crippen LogP contribution in [-0.2, 0) is 0 Å². The number of benzene rings is 2.